The van der Waals surface area contributed by atoms with Crippen LogP contribution in [0.5, 0.6) is 5.75 Å². The maximum Gasteiger partial charge on any atom is 0.338 e. The van der Waals surface area contributed by atoms with Crippen molar-refractivity contribution in [3.05, 3.63) is 55.9 Å². The molecular weight excluding hydrogens is 404 g/mol. The molecule has 3 aromatic rings. The Bertz CT molecular complexity index is 1200. The van der Waals surface area contributed by atoms with E-state index in [0.717, 1.165) is 40.6 Å². The van der Waals surface area contributed by atoms with Crippen LogP contribution in [0.15, 0.2) is 23.3 Å². The number of nitrogens with zero attached hydrogens (tertiary/aromatic N) is 2. The van der Waals surface area contributed by atoms with E-state index in [0.29, 0.717) is 24.5 Å². The van der Waals surface area contributed by atoms with Crippen molar-refractivity contribution in [3.8, 4) is 5.75 Å². The molecule has 0 amide bonds. The highest BCUT2D eigenvalue weighted by Crippen LogP contribution is 2.34. The Morgan fingerprint density at radius 1 is 1.30 bits per heavy atom. The van der Waals surface area contributed by atoms with Crippen molar-refractivity contribution in [2.75, 3.05) is 13.4 Å². The third-order valence-electron chi connectivity index (χ3n) is 5.58. The number of rotatable bonds is 4. The molecule has 2 aliphatic rings. The largest absolute Gasteiger partial charge is 0.467 e. The molecule has 0 radical (unpaired) electrons. The Morgan fingerprint density at radius 3 is 3.03 bits per heavy atom. The van der Waals surface area contributed by atoms with Crippen molar-refractivity contribution in [3.63, 3.8) is 0 Å². The van der Waals surface area contributed by atoms with Gasteiger partial charge in [-0.1, -0.05) is 0 Å². The molecular formula is C22H22N2O5S. The van der Waals surface area contributed by atoms with Crippen LogP contribution in [-0.4, -0.2) is 28.9 Å². The molecule has 5 rings (SSSR count). The maximum absolute atomic E-state index is 13.3. The summed E-state index contributed by atoms with van der Waals surface area (Å²) in [7, 11) is 0. The summed E-state index contributed by atoms with van der Waals surface area (Å²) in [4.78, 5) is 32.3. The van der Waals surface area contributed by atoms with Gasteiger partial charge in [-0.15, -0.1) is 11.3 Å². The van der Waals surface area contributed by atoms with E-state index in [4.69, 9.17) is 14.2 Å². The summed E-state index contributed by atoms with van der Waals surface area (Å²) in [6.45, 7) is 2.82. The second-order valence-corrected chi connectivity index (χ2v) is 8.61. The Labute approximate surface area is 177 Å². The SMILES string of the molecule is CCOC(=O)c1cc2c(c(Cn3cnc4sc5c(c4c3=O)CCCC5)c1)OCOC2. The highest BCUT2D eigenvalue weighted by Gasteiger charge is 2.23. The molecule has 0 N–H and O–H groups in total. The molecule has 0 saturated heterocycles. The topological polar surface area (TPSA) is 79.7 Å². The summed E-state index contributed by atoms with van der Waals surface area (Å²) in [5.74, 6) is 0.258. The average molecular weight is 426 g/mol. The van der Waals surface area contributed by atoms with E-state index in [1.54, 1.807) is 41.3 Å². The fourth-order valence-corrected chi connectivity index (χ4v) is 5.45. The van der Waals surface area contributed by atoms with Gasteiger partial charge in [0.15, 0.2) is 6.79 Å². The monoisotopic (exact) mass is 426 g/mol. The average Bonchev–Trinajstić information content (AvgIpc) is 3.15. The number of benzene rings is 1. The summed E-state index contributed by atoms with van der Waals surface area (Å²) in [5, 5.41) is 0.747. The van der Waals surface area contributed by atoms with Crippen molar-refractivity contribution in [1.82, 2.24) is 9.55 Å². The van der Waals surface area contributed by atoms with E-state index in [9.17, 15) is 9.59 Å². The van der Waals surface area contributed by atoms with Crippen LogP contribution in [0.2, 0.25) is 0 Å². The predicted octanol–water partition coefficient (Wildman–Crippen LogP) is 3.43. The van der Waals surface area contributed by atoms with Gasteiger partial charge >= 0.3 is 5.97 Å². The van der Waals surface area contributed by atoms with Gasteiger partial charge in [0, 0.05) is 16.0 Å². The number of thiophene rings is 1. The highest BCUT2D eigenvalue weighted by molar-refractivity contribution is 7.18. The smallest absolute Gasteiger partial charge is 0.338 e. The van der Waals surface area contributed by atoms with Gasteiger partial charge in [-0.2, -0.15) is 0 Å². The van der Waals surface area contributed by atoms with Crippen LogP contribution in [0.3, 0.4) is 0 Å². The van der Waals surface area contributed by atoms with Crippen LogP contribution in [-0.2, 0) is 35.5 Å². The van der Waals surface area contributed by atoms with Gasteiger partial charge in [-0.3, -0.25) is 9.36 Å². The fourth-order valence-electron chi connectivity index (χ4n) is 4.23. The molecule has 0 bridgehead atoms. The molecule has 30 heavy (non-hydrogen) atoms. The Balaban J connectivity index is 1.59. The van der Waals surface area contributed by atoms with Gasteiger partial charge in [0.25, 0.3) is 5.56 Å². The van der Waals surface area contributed by atoms with E-state index in [1.165, 1.54) is 16.9 Å². The lowest BCUT2D eigenvalue weighted by Gasteiger charge is -2.22. The summed E-state index contributed by atoms with van der Waals surface area (Å²) < 4.78 is 17.9. The second kappa shape index (κ2) is 7.85. The van der Waals surface area contributed by atoms with Crippen molar-refractivity contribution in [1.29, 1.82) is 0 Å². The Morgan fingerprint density at radius 2 is 2.17 bits per heavy atom. The molecule has 1 aliphatic heterocycles. The zero-order chi connectivity index (χ0) is 20.7. The lowest BCUT2D eigenvalue weighted by Crippen LogP contribution is -2.23. The minimum atomic E-state index is -0.403. The minimum absolute atomic E-state index is 0.0400. The normalized spacial score (nSPS) is 15.4. The zero-order valence-electron chi connectivity index (χ0n) is 16.7. The zero-order valence-corrected chi connectivity index (χ0v) is 17.5. The number of carbonyl (C=O) groups is 1. The number of aromatic nitrogens is 2. The molecule has 1 aromatic carbocycles. The quantitative estimate of drug-likeness (QED) is 0.595. The lowest BCUT2D eigenvalue weighted by molar-refractivity contribution is -0.0171. The number of esters is 1. The van der Waals surface area contributed by atoms with E-state index < -0.39 is 5.97 Å². The van der Waals surface area contributed by atoms with Gasteiger partial charge in [-0.25, -0.2) is 9.78 Å². The van der Waals surface area contributed by atoms with Gasteiger partial charge in [-0.05, 0) is 50.3 Å². The number of carbonyl (C=O) groups excluding carboxylic acids is 1. The van der Waals surface area contributed by atoms with E-state index >= 15 is 0 Å². The molecule has 0 spiro atoms. The Kier molecular flexibility index (Phi) is 5.04. The first kappa shape index (κ1) is 19.3. The standard InChI is InChI=1S/C22H22N2O5S/c1-2-28-22(26)13-7-14(19-15(8-13)10-27-12-29-19)9-24-11-23-20-18(21(24)25)16-5-3-4-6-17(16)30-20/h7-8,11H,2-6,9-10,12H2,1H3. The van der Waals surface area contributed by atoms with Gasteiger partial charge in [0.05, 0.1) is 37.0 Å². The first-order chi connectivity index (χ1) is 14.7. The number of hydrogen-bond donors (Lipinski definition) is 0. The van der Waals surface area contributed by atoms with Crippen molar-refractivity contribution < 1.29 is 19.0 Å². The fraction of sp³-hybridized carbons (Fsp3) is 0.409. The molecule has 0 saturated carbocycles. The summed E-state index contributed by atoms with van der Waals surface area (Å²) in [6.07, 6.45) is 5.83. The van der Waals surface area contributed by atoms with E-state index in [1.807, 2.05) is 0 Å². The van der Waals surface area contributed by atoms with E-state index in [2.05, 4.69) is 4.98 Å². The lowest BCUT2D eigenvalue weighted by atomic mass is 9.97. The number of aryl methyl sites for hydroxylation is 2. The van der Waals surface area contributed by atoms with Crippen molar-refractivity contribution >= 4 is 27.5 Å². The second-order valence-electron chi connectivity index (χ2n) is 7.52. The van der Waals surface area contributed by atoms with Crippen LogP contribution in [0.1, 0.15) is 51.7 Å². The number of hydrogen-bond acceptors (Lipinski definition) is 7. The van der Waals surface area contributed by atoms with Crippen LogP contribution in [0.4, 0.5) is 0 Å². The summed E-state index contributed by atoms with van der Waals surface area (Å²) >= 11 is 1.64. The van der Waals surface area contributed by atoms with E-state index in [-0.39, 0.29) is 18.9 Å². The molecule has 8 heteroatoms. The van der Waals surface area contributed by atoms with Crippen molar-refractivity contribution in [2.45, 2.75) is 45.8 Å². The molecule has 0 fully saturated rings. The Hall–Kier alpha value is -2.71. The van der Waals surface area contributed by atoms with Gasteiger partial charge in [0.1, 0.15) is 10.6 Å². The maximum atomic E-state index is 13.3. The first-order valence-electron chi connectivity index (χ1n) is 10.2. The molecule has 1 aliphatic carbocycles. The summed E-state index contributed by atoms with van der Waals surface area (Å²) in [6, 6.07) is 3.47. The minimum Gasteiger partial charge on any atom is -0.467 e. The molecule has 7 nitrogen and oxygen atoms in total. The molecule has 3 heterocycles. The first-order valence-corrected chi connectivity index (χ1v) is 11.0. The molecule has 0 unspecified atom stereocenters. The van der Waals surface area contributed by atoms with Crippen molar-refractivity contribution in [2.24, 2.45) is 0 Å². The third-order valence-corrected chi connectivity index (χ3v) is 6.78. The van der Waals surface area contributed by atoms with Gasteiger partial charge in [0.2, 0.25) is 0 Å². The predicted molar refractivity (Wildman–Crippen MR) is 112 cm³/mol. The number of ether oxygens (including phenoxy) is 3. The van der Waals surface area contributed by atoms with Crippen LogP contribution >= 0.6 is 11.3 Å². The van der Waals surface area contributed by atoms with Gasteiger partial charge < -0.3 is 14.2 Å². The number of fused-ring (bicyclic) bond motifs is 4. The van der Waals surface area contributed by atoms with Crippen LogP contribution < -0.4 is 10.3 Å². The molecule has 156 valence electrons. The third kappa shape index (κ3) is 3.30. The highest BCUT2D eigenvalue weighted by atomic mass is 32.1. The molecule has 2 aromatic heterocycles. The van der Waals surface area contributed by atoms with Crippen LogP contribution in [0, 0.1) is 0 Å². The van der Waals surface area contributed by atoms with Crippen LogP contribution in [0.25, 0.3) is 10.2 Å². The summed E-state index contributed by atoms with van der Waals surface area (Å²) in [5.41, 5.74) is 3.07. The molecule has 0 atom stereocenters.